The second-order valence-corrected chi connectivity index (χ2v) is 7.94. The Labute approximate surface area is 146 Å². The highest BCUT2D eigenvalue weighted by molar-refractivity contribution is 5.26. The number of nitrogens with zero attached hydrogens (tertiary/aromatic N) is 1. The number of rotatable bonds is 4. The molecular formula is C22H30N2. The smallest absolute Gasteiger partial charge is 0.0442 e. The summed E-state index contributed by atoms with van der Waals surface area (Å²) in [5.74, 6) is 0. The van der Waals surface area contributed by atoms with Gasteiger partial charge >= 0.3 is 0 Å². The Morgan fingerprint density at radius 2 is 1.38 bits per heavy atom. The monoisotopic (exact) mass is 322 g/mol. The molecule has 1 aliphatic rings. The summed E-state index contributed by atoms with van der Waals surface area (Å²) in [5.41, 5.74) is 9.63. The number of piperidine rings is 1. The van der Waals surface area contributed by atoms with Crippen molar-refractivity contribution in [1.29, 1.82) is 0 Å². The summed E-state index contributed by atoms with van der Waals surface area (Å²) in [6, 6.07) is 21.8. The number of benzene rings is 2. The maximum absolute atomic E-state index is 6.78. The average molecular weight is 322 g/mol. The standard InChI is InChI=1S/C22H30N2/c1-21(2)15-14-20(23)22(24(21)3,16-18-10-6-4-7-11-18)17-19-12-8-5-9-13-19/h4-13,20H,14-17,23H2,1-3H3. The van der Waals surface area contributed by atoms with Crippen molar-refractivity contribution in [2.75, 3.05) is 7.05 Å². The van der Waals surface area contributed by atoms with Gasteiger partial charge in [-0.3, -0.25) is 4.90 Å². The fourth-order valence-corrected chi connectivity index (χ4v) is 4.26. The molecule has 1 unspecified atom stereocenters. The first kappa shape index (κ1) is 17.2. The largest absolute Gasteiger partial charge is 0.326 e. The third-order valence-electron chi connectivity index (χ3n) is 6.04. The molecule has 128 valence electrons. The second-order valence-electron chi connectivity index (χ2n) is 7.94. The van der Waals surface area contributed by atoms with Gasteiger partial charge in [0.2, 0.25) is 0 Å². The summed E-state index contributed by atoms with van der Waals surface area (Å²) in [6.07, 6.45) is 4.21. The SMILES string of the molecule is CN1C(C)(C)CCC(N)C1(Cc1ccccc1)Cc1ccccc1. The van der Waals surface area contributed by atoms with Gasteiger partial charge in [-0.2, -0.15) is 0 Å². The summed E-state index contributed by atoms with van der Waals surface area (Å²) in [7, 11) is 2.27. The maximum Gasteiger partial charge on any atom is 0.0442 e. The molecule has 2 aromatic rings. The topological polar surface area (TPSA) is 29.3 Å². The zero-order valence-corrected chi connectivity index (χ0v) is 15.2. The van der Waals surface area contributed by atoms with Crippen molar-refractivity contribution in [3.63, 3.8) is 0 Å². The van der Waals surface area contributed by atoms with Crippen LogP contribution >= 0.6 is 0 Å². The second kappa shape index (κ2) is 6.70. The molecule has 0 aliphatic carbocycles. The molecular weight excluding hydrogens is 292 g/mol. The van der Waals surface area contributed by atoms with Crippen molar-refractivity contribution in [3.8, 4) is 0 Å². The van der Waals surface area contributed by atoms with Crippen LogP contribution in [-0.2, 0) is 12.8 Å². The van der Waals surface area contributed by atoms with E-state index in [1.807, 2.05) is 0 Å². The molecule has 2 nitrogen and oxygen atoms in total. The minimum Gasteiger partial charge on any atom is -0.326 e. The highest BCUT2D eigenvalue weighted by Gasteiger charge is 2.49. The lowest BCUT2D eigenvalue weighted by atomic mass is 9.69. The van der Waals surface area contributed by atoms with Crippen LogP contribution in [0.2, 0.25) is 0 Å². The Morgan fingerprint density at radius 3 is 1.83 bits per heavy atom. The van der Waals surface area contributed by atoms with E-state index in [1.165, 1.54) is 11.1 Å². The Morgan fingerprint density at radius 1 is 0.917 bits per heavy atom. The molecule has 0 saturated carbocycles. The van der Waals surface area contributed by atoms with Gasteiger partial charge < -0.3 is 5.73 Å². The molecule has 0 amide bonds. The van der Waals surface area contributed by atoms with Gasteiger partial charge in [-0.25, -0.2) is 0 Å². The third kappa shape index (κ3) is 3.26. The predicted molar refractivity (Wildman–Crippen MR) is 102 cm³/mol. The molecule has 24 heavy (non-hydrogen) atoms. The van der Waals surface area contributed by atoms with E-state index >= 15 is 0 Å². The van der Waals surface area contributed by atoms with Crippen LogP contribution < -0.4 is 5.73 Å². The lowest BCUT2D eigenvalue weighted by molar-refractivity contribution is -0.0389. The average Bonchev–Trinajstić information content (AvgIpc) is 2.59. The van der Waals surface area contributed by atoms with Gasteiger partial charge in [0.05, 0.1) is 0 Å². The van der Waals surface area contributed by atoms with Crippen LogP contribution in [0.3, 0.4) is 0 Å². The first-order valence-electron chi connectivity index (χ1n) is 9.01. The van der Waals surface area contributed by atoms with Crippen LogP contribution in [0.15, 0.2) is 60.7 Å². The van der Waals surface area contributed by atoms with E-state index in [4.69, 9.17) is 5.73 Å². The molecule has 2 N–H and O–H groups in total. The van der Waals surface area contributed by atoms with Crippen molar-refractivity contribution in [2.45, 2.75) is 56.7 Å². The Balaban J connectivity index is 2.02. The van der Waals surface area contributed by atoms with E-state index in [2.05, 4.69) is 86.5 Å². The Kier molecular flexibility index (Phi) is 4.80. The fraction of sp³-hybridized carbons (Fsp3) is 0.455. The lowest BCUT2D eigenvalue weighted by Crippen LogP contribution is -2.70. The minimum atomic E-state index is -0.0511. The van der Waals surface area contributed by atoms with E-state index in [-0.39, 0.29) is 17.1 Å². The Bertz CT molecular complexity index is 607. The summed E-state index contributed by atoms with van der Waals surface area (Å²) >= 11 is 0. The molecule has 2 aromatic carbocycles. The summed E-state index contributed by atoms with van der Waals surface area (Å²) < 4.78 is 0. The first-order chi connectivity index (χ1) is 11.4. The van der Waals surface area contributed by atoms with Crippen molar-refractivity contribution in [1.82, 2.24) is 4.90 Å². The molecule has 0 bridgehead atoms. The summed E-state index contributed by atoms with van der Waals surface area (Å²) in [6.45, 7) is 4.70. The molecule has 3 rings (SSSR count). The van der Waals surface area contributed by atoms with Gasteiger partial charge in [-0.1, -0.05) is 60.7 Å². The zero-order chi connectivity index (χ0) is 17.2. The van der Waals surface area contributed by atoms with E-state index in [0.717, 1.165) is 25.7 Å². The highest BCUT2D eigenvalue weighted by atomic mass is 15.3. The fourth-order valence-electron chi connectivity index (χ4n) is 4.26. The van der Waals surface area contributed by atoms with Gasteiger partial charge in [0.1, 0.15) is 0 Å². The van der Waals surface area contributed by atoms with E-state index in [1.54, 1.807) is 0 Å². The van der Waals surface area contributed by atoms with Crippen LogP contribution in [0.5, 0.6) is 0 Å². The van der Waals surface area contributed by atoms with Gasteiger partial charge in [0.15, 0.2) is 0 Å². The van der Waals surface area contributed by atoms with Crippen LogP contribution in [0.1, 0.15) is 37.8 Å². The first-order valence-corrected chi connectivity index (χ1v) is 9.01. The molecule has 1 aliphatic heterocycles. The normalized spacial score (nSPS) is 23.1. The van der Waals surface area contributed by atoms with E-state index in [0.29, 0.717) is 0 Å². The quantitative estimate of drug-likeness (QED) is 0.920. The van der Waals surface area contributed by atoms with Crippen LogP contribution in [-0.4, -0.2) is 29.1 Å². The number of likely N-dealkylation sites (N-methyl/N-ethyl adjacent to an activating group) is 1. The van der Waals surface area contributed by atoms with Crippen molar-refractivity contribution < 1.29 is 0 Å². The van der Waals surface area contributed by atoms with Crippen LogP contribution in [0.4, 0.5) is 0 Å². The molecule has 1 heterocycles. The molecule has 1 fully saturated rings. The van der Waals surface area contributed by atoms with Crippen molar-refractivity contribution in [3.05, 3.63) is 71.8 Å². The van der Waals surface area contributed by atoms with Crippen molar-refractivity contribution >= 4 is 0 Å². The molecule has 1 atom stereocenters. The number of likely N-dealkylation sites (tertiary alicyclic amines) is 1. The summed E-state index contributed by atoms with van der Waals surface area (Å²) in [4.78, 5) is 2.56. The molecule has 2 heteroatoms. The van der Waals surface area contributed by atoms with Gasteiger partial charge in [0, 0.05) is 17.1 Å². The highest BCUT2D eigenvalue weighted by Crippen LogP contribution is 2.40. The van der Waals surface area contributed by atoms with Crippen molar-refractivity contribution in [2.24, 2.45) is 5.73 Å². The molecule has 0 spiro atoms. The zero-order valence-electron chi connectivity index (χ0n) is 15.2. The van der Waals surface area contributed by atoms with E-state index in [9.17, 15) is 0 Å². The molecule has 0 aromatic heterocycles. The predicted octanol–water partition coefficient (Wildman–Crippen LogP) is 4.04. The van der Waals surface area contributed by atoms with Gasteiger partial charge in [-0.15, -0.1) is 0 Å². The lowest BCUT2D eigenvalue weighted by Gasteiger charge is -2.57. The van der Waals surface area contributed by atoms with Crippen LogP contribution in [0, 0.1) is 0 Å². The third-order valence-corrected chi connectivity index (χ3v) is 6.04. The minimum absolute atomic E-state index is 0.0511. The van der Waals surface area contributed by atoms with E-state index < -0.39 is 0 Å². The van der Waals surface area contributed by atoms with Gasteiger partial charge in [0.25, 0.3) is 0 Å². The molecule has 0 radical (unpaired) electrons. The molecule has 1 saturated heterocycles. The maximum atomic E-state index is 6.78. The van der Waals surface area contributed by atoms with Crippen LogP contribution in [0.25, 0.3) is 0 Å². The Hall–Kier alpha value is -1.64. The number of hydrogen-bond acceptors (Lipinski definition) is 2. The number of nitrogens with two attached hydrogens (primary N) is 1. The van der Waals surface area contributed by atoms with Gasteiger partial charge in [-0.05, 0) is 57.7 Å². The summed E-state index contributed by atoms with van der Waals surface area (Å²) in [5, 5.41) is 0. The number of hydrogen-bond donors (Lipinski definition) is 1.